The summed E-state index contributed by atoms with van der Waals surface area (Å²) in [6.07, 6.45) is 2.14. The van der Waals surface area contributed by atoms with Crippen molar-refractivity contribution in [3.8, 4) is 17.0 Å². The van der Waals surface area contributed by atoms with Gasteiger partial charge in [-0.2, -0.15) is 0 Å². The number of ether oxygens (including phenoxy) is 1. The van der Waals surface area contributed by atoms with Crippen molar-refractivity contribution in [1.29, 1.82) is 0 Å². The number of carboxylic acids is 1. The van der Waals surface area contributed by atoms with Gasteiger partial charge in [0.15, 0.2) is 0 Å². The highest BCUT2D eigenvalue weighted by Gasteiger charge is 2.16. The fourth-order valence-electron chi connectivity index (χ4n) is 3.21. The number of aromatic nitrogens is 1. The second-order valence-electron chi connectivity index (χ2n) is 7.19. The van der Waals surface area contributed by atoms with E-state index in [1.165, 1.54) is 0 Å². The van der Waals surface area contributed by atoms with Crippen LogP contribution in [-0.4, -0.2) is 47.7 Å². The maximum absolute atomic E-state index is 12.3. The Kier molecular flexibility index (Phi) is 8.34. The number of benzene rings is 2. The maximum atomic E-state index is 12.3. The number of carbonyl (C=O) groups is 2. The summed E-state index contributed by atoms with van der Waals surface area (Å²) in [4.78, 5) is 27.9. The molecule has 1 unspecified atom stereocenters. The first kappa shape index (κ1) is 23.0. The molecule has 3 rings (SSSR count). The molecule has 0 aliphatic rings. The molecule has 0 fully saturated rings. The van der Waals surface area contributed by atoms with Gasteiger partial charge in [-0.15, -0.1) is 0 Å². The number of nitrogens with zero attached hydrogens (tertiary/aromatic N) is 1. The van der Waals surface area contributed by atoms with Crippen molar-refractivity contribution in [3.63, 3.8) is 0 Å². The Bertz CT molecular complexity index is 1010. The molecule has 1 aromatic heterocycles. The third-order valence-corrected chi connectivity index (χ3v) is 4.88. The van der Waals surface area contributed by atoms with Crippen LogP contribution in [0.15, 0.2) is 72.9 Å². The van der Waals surface area contributed by atoms with Crippen molar-refractivity contribution in [2.24, 2.45) is 0 Å². The van der Waals surface area contributed by atoms with Gasteiger partial charge in [0.2, 0.25) is 0 Å². The molecule has 7 nitrogen and oxygen atoms in total. The van der Waals surface area contributed by atoms with E-state index in [0.29, 0.717) is 37.4 Å². The van der Waals surface area contributed by atoms with Crippen LogP contribution in [0.5, 0.6) is 5.75 Å². The van der Waals surface area contributed by atoms with E-state index in [4.69, 9.17) is 4.74 Å². The van der Waals surface area contributed by atoms with Gasteiger partial charge in [-0.25, -0.2) is 0 Å². The number of nitrogens with one attached hydrogen (secondary N) is 2. The van der Waals surface area contributed by atoms with Crippen LogP contribution in [0.2, 0.25) is 0 Å². The molecule has 0 saturated carbocycles. The van der Waals surface area contributed by atoms with Crippen molar-refractivity contribution >= 4 is 11.9 Å². The topological polar surface area (TPSA) is 101 Å². The number of carboxylic acid groups (broad SMARTS) is 1. The third kappa shape index (κ3) is 6.65. The smallest absolute Gasteiger partial charge is 0.321 e. The molecule has 1 atom stereocenters. The molecule has 7 heteroatoms. The first-order chi connectivity index (χ1) is 15.6. The Morgan fingerprint density at radius 1 is 1.03 bits per heavy atom. The molecule has 2 aromatic carbocycles. The first-order valence-electron chi connectivity index (χ1n) is 10.5. The molecule has 32 heavy (non-hydrogen) atoms. The number of hydrogen-bond acceptors (Lipinski definition) is 5. The van der Waals surface area contributed by atoms with Crippen LogP contribution in [0.4, 0.5) is 0 Å². The Morgan fingerprint density at radius 3 is 2.41 bits per heavy atom. The average Bonchev–Trinajstić information content (AvgIpc) is 2.83. The molecular weight excluding hydrogens is 406 g/mol. The summed E-state index contributed by atoms with van der Waals surface area (Å²) in [5.74, 6) is -0.369. The van der Waals surface area contributed by atoms with Gasteiger partial charge in [-0.1, -0.05) is 37.3 Å². The highest BCUT2D eigenvalue weighted by Crippen LogP contribution is 2.17. The van der Waals surface area contributed by atoms with Crippen LogP contribution >= 0.6 is 0 Å². The Morgan fingerprint density at radius 2 is 1.78 bits per heavy atom. The molecule has 166 valence electrons. The Labute approximate surface area is 187 Å². The van der Waals surface area contributed by atoms with E-state index in [1.54, 1.807) is 30.5 Å². The largest absolute Gasteiger partial charge is 0.492 e. The summed E-state index contributed by atoms with van der Waals surface area (Å²) >= 11 is 0. The van der Waals surface area contributed by atoms with Crippen LogP contribution in [0.3, 0.4) is 0 Å². The predicted octanol–water partition coefficient (Wildman–Crippen LogP) is 3.16. The minimum Gasteiger partial charge on any atom is -0.492 e. The standard InChI is InChI=1S/C25H27N3O4/c1-2-26-23(25(30)31)17-18-6-12-21(13-7-18)32-16-15-28-24(29)20-10-8-19(9-11-20)22-5-3-4-14-27-22/h3-14,23,26H,2,15-17H2,1H3,(H,28,29)(H,30,31). The number of amides is 1. The van der Waals surface area contributed by atoms with Crippen LogP contribution in [0.1, 0.15) is 22.8 Å². The number of hydrogen-bond donors (Lipinski definition) is 3. The molecule has 0 saturated heterocycles. The molecule has 0 aliphatic carbocycles. The van der Waals surface area contributed by atoms with Crippen LogP contribution in [0, 0.1) is 0 Å². The lowest BCUT2D eigenvalue weighted by Gasteiger charge is -2.13. The van der Waals surface area contributed by atoms with Crippen LogP contribution in [-0.2, 0) is 11.2 Å². The van der Waals surface area contributed by atoms with Gasteiger partial charge in [-0.05, 0) is 54.9 Å². The molecule has 0 aliphatic heterocycles. The number of aliphatic carboxylic acids is 1. The fraction of sp³-hybridized carbons (Fsp3) is 0.240. The summed E-state index contributed by atoms with van der Waals surface area (Å²) in [7, 11) is 0. The molecule has 3 aromatic rings. The SMILES string of the molecule is CCNC(Cc1ccc(OCCNC(=O)c2ccc(-c3ccccn3)cc2)cc1)C(=O)O. The van der Waals surface area contributed by atoms with E-state index >= 15 is 0 Å². The van der Waals surface area contributed by atoms with E-state index in [9.17, 15) is 14.7 Å². The minimum atomic E-state index is -0.866. The third-order valence-electron chi connectivity index (χ3n) is 4.88. The molecule has 3 N–H and O–H groups in total. The number of rotatable bonds is 11. The van der Waals surface area contributed by atoms with Crippen molar-refractivity contribution in [3.05, 3.63) is 84.1 Å². The number of likely N-dealkylation sites (N-methyl/N-ethyl adjacent to an activating group) is 1. The maximum Gasteiger partial charge on any atom is 0.321 e. The van der Waals surface area contributed by atoms with E-state index in [1.807, 2.05) is 49.4 Å². The summed E-state index contributed by atoms with van der Waals surface area (Å²) in [5, 5.41) is 15.0. The highest BCUT2D eigenvalue weighted by molar-refractivity contribution is 5.94. The van der Waals surface area contributed by atoms with Crippen molar-refractivity contribution in [1.82, 2.24) is 15.6 Å². The van der Waals surface area contributed by atoms with E-state index < -0.39 is 12.0 Å². The van der Waals surface area contributed by atoms with Crippen molar-refractivity contribution in [2.45, 2.75) is 19.4 Å². The van der Waals surface area contributed by atoms with Gasteiger partial charge in [0, 0.05) is 17.3 Å². The highest BCUT2D eigenvalue weighted by atomic mass is 16.5. The van der Waals surface area contributed by atoms with E-state index in [0.717, 1.165) is 16.8 Å². The molecule has 1 heterocycles. The lowest BCUT2D eigenvalue weighted by molar-refractivity contribution is -0.139. The molecule has 0 bridgehead atoms. The zero-order valence-corrected chi connectivity index (χ0v) is 18.0. The fourth-order valence-corrected chi connectivity index (χ4v) is 3.21. The lowest BCUT2D eigenvalue weighted by atomic mass is 10.1. The summed E-state index contributed by atoms with van der Waals surface area (Å²) < 4.78 is 5.67. The number of pyridine rings is 1. The summed E-state index contributed by atoms with van der Waals surface area (Å²) in [6.45, 7) is 3.16. The minimum absolute atomic E-state index is 0.167. The first-order valence-corrected chi connectivity index (χ1v) is 10.5. The van der Waals surface area contributed by atoms with E-state index in [2.05, 4.69) is 15.6 Å². The molecule has 1 amide bonds. The normalized spacial score (nSPS) is 11.5. The zero-order chi connectivity index (χ0) is 22.8. The van der Waals surface area contributed by atoms with Gasteiger partial charge >= 0.3 is 5.97 Å². The van der Waals surface area contributed by atoms with E-state index in [-0.39, 0.29) is 5.91 Å². The second kappa shape index (κ2) is 11.6. The Hall–Kier alpha value is -3.71. The van der Waals surface area contributed by atoms with Crippen LogP contribution in [0.25, 0.3) is 11.3 Å². The van der Waals surface area contributed by atoms with Crippen molar-refractivity contribution < 1.29 is 19.4 Å². The van der Waals surface area contributed by atoms with Gasteiger partial charge in [0.25, 0.3) is 5.91 Å². The molecular formula is C25H27N3O4. The van der Waals surface area contributed by atoms with Gasteiger partial charge in [0.05, 0.1) is 12.2 Å². The molecule has 0 radical (unpaired) electrons. The predicted molar refractivity (Wildman–Crippen MR) is 123 cm³/mol. The van der Waals surface area contributed by atoms with Crippen molar-refractivity contribution in [2.75, 3.05) is 19.7 Å². The number of carbonyl (C=O) groups excluding carboxylic acids is 1. The molecule has 0 spiro atoms. The summed E-state index contributed by atoms with van der Waals surface area (Å²) in [5.41, 5.74) is 3.30. The monoisotopic (exact) mass is 433 g/mol. The van der Waals surface area contributed by atoms with Gasteiger partial charge < -0.3 is 20.5 Å². The zero-order valence-electron chi connectivity index (χ0n) is 18.0. The Balaban J connectivity index is 1.43. The summed E-state index contributed by atoms with van der Waals surface area (Å²) in [6, 6.07) is 19.7. The van der Waals surface area contributed by atoms with Gasteiger partial charge in [0.1, 0.15) is 18.4 Å². The lowest BCUT2D eigenvalue weighted by Crippen LogP contribution is -2.38. The second-order valence-corrected chi connectivity index (χ2v) is 7.19. The average molecular weight is 434 g/mol. The van der Waals surface area contributed by atoms with Gasteiger partial charge in [-0.3, -0.25) is 14.6 Å². The van der Waals surface area contributed by atoms with Crippen LogP contribution < -0.4 is 15.4 Å². The quantitative estimate of drug-likeness (QED) is 0.402.